The first kappa shape index (κ1) is 19.4. The predicted molar refractivity (Wildman–Crippen MR) is 106 cm³/mol. The highest BCUT2D eigenvalue weighted by molar-refractivity contribution is 7.92. The van der Waals surface area contributed by atoms with E-state index < -0.39 is 10.0 Å². The van der Waals surface area contributed by atoms with Crippen LogP contribution in [0, 0.1) is 6.92 Å². The molecule has 144 valence electrons. The third kappa shape index (κ3) is 5.08. The summed E-state index contributed by atoms with van der Waals surface area (Å²) in [5, 5.41) is 6.37. The summed E-state index contributed by atoms with van der Waals surface area (Å²) >= 11 is 0. The monoisotopic (exact) mass is 387 g/mol. The van der Waals surface area contributed by atoms with Crippen molar-refractivity contribution in [1.29, 1.82) is 0 Å². The van der Waals surface area contributed by atoms with Crippen LogP contribution >= 0.6 is 0 Å². The molecule has 0 spiro atoms. The van der Waals surface area contributed by atoms with Gasteiger partial charge in [0.1, 0.15) is 0 Å². The van der Waals surface area contributed by atoms with Crippen LogP contribution in [0.15, 0.2) is 53.4 Å². The van der Waals surface area contributed by atoms with Crippen molar-refractivity contribution >= 4 is 21.6 Å². The zero-order chi connectivity index (χ0) is 19.4. The number of carbonyl (C=O) groups excluding carboxylic acids is 1. The highest BCUT2D eigenvalue weighted by atomic mass is 32.2. The summed E-state index contributed by atoms with van der Waals surface area (Å²) in [4.78, 5) is 12.5. The van der Waals surface area contributed by atoms with E-state index in [0.29, 0.717) is 17.3 Å². The molecule has 3 N–H and O–H groups in total. The Morgan fingerprint density at radius 3 is 2.37 bits per heavy atom. The summed E-state index contributed by atoms with van der Waals surface area (Å²) in [6.07, 6.45) is 1.78. The number of rotatable bonds is 5. The van der Waals surface area contributed by atoms with Gasteiger partial charge in [-0.1, -0.05) is 17.7 Å². The molecule has 1 aliphatic heterocycles. The molecule has 0 aromatic heterocycles. The van der Waals surface area contributed by atoms with Gasteiger partial charge in [-0.05, 0) is 69.6 Å². The van der Waals surface area contributed by atoms with Crippen LogP contribution in [0.25, 0.3) is 0 Å². The normalized spacial score (nSPS) is 20.1. The van der Waals surface area contributed by atoms with Crippen LogP contribution in [-0.4, -0.2) is 33.0 Å². The van der Waals surface area contributed by atoms with Gasteiger partial charge in [0.2, 0.25) is 0 Å². The number of amides is 1. The van der Waals surface area contributed by atoms with Gasteiger partial charge in [0.05, 0.1) is 4.90 Å². The van der Waals surface area contributed by atoms with Crippen LogP contribution in [0.2, 0.25) is 0 Å². The topological polar surface area (TPSA) is 87.3 Å². The molecule has 2 aromatic rings. The van der Waals surface area contributed by atoms with Crippen LogP contribution in [0.1, 0.15) is 35.7 Å². The van der Waals surface area contributed by atoms with E-state index >= 15 is 0 Å². The summed E-state index contributed by atoms with van der Waals surface area (Å²) in [6, 6.07) is 13.6. The number of hydrogen-bond acceptors (Lipinski definition) is 4. The van der Waals surface area contributed by atoms with Gasteiger partial charge in [0.25, 0.3) is 15.9 Å². The van der Waals surface area contributed by atoms with Gasteiger partial charge >= 0.3 is 0 Å². The first-order chi connectivity index (χ1) is 12.8. The molecule has 2 unspecified atom stereocenters. The minimum absolute atomic E-state index is 0.120. The van der Waals surface area contributed by atoms with Crippen LogP contribution in [-0.2, 0) is 10.0 Å². The van der Waals surface area contributed by atoms with Gasteiger partial charge in [0.15, 0.2) is 0 Å². The summed E-state index contributed by atoms with van der Waals surface area (Å²) < 4.78 is 27.5. The van der Waals surface area contributed by atoms with Crippen LogP contribution in [0.3, 0.4) is 0 Å². The molecular formula is C20H25N3O3S. The van der Waals surface area contributed by atoms with Gasteiger partial charge in [-0.2, -0.15) is 0 Å². The molecule has 1 aliphatic rings. The second kappa shape index (κ2) is 8.10. The molecule has 6 nitrogen and oxygen atoms in total. The minimum atomic E-state index is -3.69. The molecule has 1 amide bonds. The second-order valence-electron chi connectivity index (χ2n) is 7.05. The molecule has 0 radical (unpaired) electrons. The van der Waals surface area contributed by atoms with Crippen LogP contribution in [0.4, 0.5) is 5.69 Å². The number of anilines is 1. The lowest BCUT2D eigenvalue weighted by atomic mass is 10.0. The number of piperidine rings is 1. The van der Waals surface area contributed by atoms with Crippen LogP contribution < -0.4 is 15.4 Å². The van der Waals surface area contributed by atoms with Gasteiger partial charge in [-0.15, -0.1) is 0 Å². The highest BCUT2D eigenvalue weighted by Gasteiger charge is 2.21. The van der Waals surface area contributed by atoms with E-state index in [1.54, 1.807) is 24.3 Å². The minimum Gasteiger partial charge on any atom is -0.349 e. The van der Waals surface area contributed by atoms with E-state index in [1.165, 1.54) is 12.1 Å². The van der Waals surface area contributed by atoms with Crippen molar-refractivity contribution in [2.24, 2.45) is 0 Å². The molecule has 0 aliphatic carbocycles. The van der Waals surface area contributed by atoms with Gasteiger partial charge in [0, 0.05) is 23.3 Å². The predicted octanol–water partition coefficient (Wildman–Crippen LogP) is 2.67. The molecule has 27 heavy (non-hydrogen) atoms. The average molecular weight is 388 g/mol. The quantitative estimate of drug-likeness (QED) is 0.736. The van der Waals surface area contributed by atoms with Crippen molar-refractivity contribution in [3.8, 4) is 0 Å². The third-order valence-corrected chi connectivity index (χ3v) is 6.09. The maximum Gasteiger partial charge on any atom is 0.261 e. The summed E-state index contributed by atoms with van der Waals surface area (Å²) in [5.74, 6) is -0.176. The summed E-state index contributed by atoms with van der Waals surface area (Å²) in [5.41, 5.74) is 2.01. The number of benzene rings is 2. The fourth-order valence-corrected chi connectivity index (χ4v) is 4.21. The molecule has 7 heteroatoms. The summed E-state index contributed by atoms with van der Waals surface area (Å²) in [7, 11) is -3.69. The fourth-order valence-electron chi connectivity index (χ4n) is 3.15. The smallest absolute Gasteiger partial charge is 0.261 e. The van der Waals surface area contributed by atoms with Crippen molar-refractivity contribution < 1.29 is 13.2 Å². The van der Waals surface area contributed by atoms with Gasteiger partial charge in [-0.25, -0.2) is 8.42 Å². The largest absolute Gasteiger partial charge is 0.349 e. The Labute approximate surface area is 160 Å². The fraction of sp³-hybridized carbons (Fsp3) is 0.350. The number of hydrogen-bond donors (Lipinski definition) is 3. The lowest BCUT2D eigenvalue weighted by Crippen LogP contribution is -2.46. The Kier molecular flexibility index (Phi) is 5.82. The number of nitrogens with one attached hydrogen (secondary N) is 3. The molecule has 1 heterocycles. The third-order valence-electron chi connectivity index (χ3n) is 4.69. The molecule has 1 fully saturated rings. The van der Waals surface area contributed by atoms with Gasteiger partial charge in [-0.3, -0.25) is 9.52 Å². The standard InChI is InChI=1S/C20H25N3O3S/c1-14-3-7-17(8-4-14)23-27(25,26)19-9-5-16(6-10-19)20(24)22-18-11-12-21-15(2)13-18/h3-10,15,18,21,23H,11-13H2,1-2H3,(H,22,24). The Morgan fingerprint density at radius 1 is 1.07 bits per heavy atom. The van der Waals surface area contributed by atoms with E-state index in [0.717, 1.165) is 24.9 Å². The average Bonchev–Trinajstić information content (AvgIpc) is 2.63. The van der Waals surface area contributed by atoms with Gasteiger partial charge < -0.3 is 10.6 Å². The second-order valence-corrected chi connectivity index (χ2v) is 8.73. The van der Waals surface area contributed by atoms with E-state index in [-0.39, 0.29) is 16.8 Å². The number of sulfonamides is 1. The molecule has 2 aromatic carbocycles. The van der Waals surface area contributed by atoms with Crippen LogP contribution in [0.5, 0.6) is 0 Å². The molecule has 0 saturated carbocycles. The maximum absolute atomic E-state index is 12.5. The highest BCUT2D eigenvalue weighted by Crippen LogP contribution is 2.17. The first-order valence-corrected chi connectivity index (χ1v) is 10.6. The molecule has 0 bridgehead atoms. The Balaban J connectivity index is 1.66. The Morgan fingerprint density at radius 2 is 1.74 bits per heavy atom. The lowest BCUT2D eigenvalue weighted by Gasteiger charge is -2.28. The van der Waals surface area contributed by atoms with E-state index in [2.05, 4.69) is 22.3 Å². The number of aryl methyl sites for hydroxylation is 1. The zero-order valence-corrected chi connectivity index (χ0v) is 16.3. The maximum atomic E-state index is 12.5. The van der Waals surface area contributed by atoms with E-state index in [9.17, 15) is 13.2 Å². The van der Waals surface area contributed by atoms with Crippen molar-refractivity contribution in [3.05, 3.63) is 59.7 Å². The SMILES string of the molecule is Cc1ccc(NS(=O)(=O)c2ccc(C(=O)NC3CCNC(C)C3)cc2)cc1. The van der Waals surface area contributed by atoms with Crippen molar-refractivity contribution in [3.63, 3.8) is 0 Å². The van der Waals surface area contributed by atoms with E-state index in [1.807, 2.05) is 19.1 Å². The molecule has 2 atom stereocenters. The Hall–Kier alpha value is -2.38. The zero-order valence-electron chi connectivity index (χ0n) is 15.5. The number of carbonyl (C=O) groups is 1. The molecular weight excluding hydrogens is 362 g/mol. The molecule has 3 rings (SSSR count). The lowest BCUT2D eigenvalue weighted by molar-refractivity contribution is 0.0925. The first-order valence-electron chi connectivity index (χ1n) is 9.07. The summed E-state index contributed by atoms with van der Waals surface area (Å²) in [6.45, 7) is 4.92. The Bertz CT molecular complexity index is 893. The van der Waals surface area contributed by atoms with Crippen molar-refractivity contribution in [1.82, 2.24) is 10.6 Å². The van der Waals surface area contributed by atoms with E-state index in [4.69, 9.17) is 0 Å². The molecule has 1 saturated heterocycles. The van der Waals surface area contributed by atoms with Crippen molar-refractivity contribution in [2.45, 2.75) is 43.7 Å². The van der Waals surface area contributed by atoms with Crippen molar-refractivity contribution in [2.75, 3.05) is 11.3 Å².